The Morgan fingerprint density at radius 2 is 2.17 bits per heavy atom. The summed E-state index contributed by atoms with van der Waals surface area (Å²) in [5.74, 6) is 0. The Morgan fingerprint density at radius 3 is 3.00 bits per heavy atom. The van der Waals surface area contributed by atoms with Gasteiger partial charge in [-0.05, 0) is 37.5 Å². The standard InChI is InChI=1S/C15H20N2O/c1-12(5-4-8-18)16-10-13-9-14-6-2-3-7-15(14)17-11-13/h2-3,6-7,9,11-12,16,18H,4-5,8,10H2,1H3. The molecular weight excluding hydrogens is 224 g/mol. The number of fused-ring (bicyclic) bond motifs is 1. The summed E-state index contributed by atoms with van der Waals surface area (Å²) in [4.78, 5) is 4.44. The van der Waals surface area contributed by atoms with Crippen LogP contribution in [0.25, 0.3) is 10.9 Å². The minimum Gasteiger partial charge on any atom is -0.396 e. The minimum absolute atomic E-state index is 0.267. The van der Waals surface area contributed by atoms with Crippen LogP contribution in [0.3, 0.4) is 0 Å². The van der Waals surface area contributed by atoms with Crippen molar-refractivity contribution >= 4 is 10.9 Å². The number of nitrogens with zero attached hydrogens (tertiary/aromatic N) is 1. The van der Waals surface area contributed by atoms with Crippen LogP contribution in [0.15, 0.2) is 36.5 Å². The fourth-order valence-electron chi connectivity index (χ4n) is 2.00. The van der Waals surface area contributed by atoms with Crippen molar-refractivity contribution in [2.45, 2.75) is 32.4 Å². The van der Waals surface area contributed by atoms with Crippen molar-refractivity contribution in [1.82, 2.24) is 10.3 Å². The topological polar surface area (TPSA) is 45.1 Å². The van der Waals surface area contributed by atoms with E-state index in [9.17, 15) is 0 Å². The largest absolute Gasteiger partial charge is 0.396 e. The monoisotopic (exact) mass is 244 g/mol. The molecule has 1 atom stereocenters. The number of hydrogen-bond donors (Lipinski definition) is 2. The summed E-state index contributed by atoms with van der Waals surface area (Å²) < 4.78 is 0. The molecule has 1 aromatic heterocycles. The third-order valence-electron chi connectivity index (χ3n) is 3.10. The van der Waals surface area contributed by atoms with Crippen LogP contribution < -0.4 is 5.32 Å². The molecule has 0 aliphatic heterocycles. The van der Waals surface area contributed by atoms with Gasteiger partial charge in [0.1, 0.15) is 0 Å². The van der Waals surface area contributed by atoms with Crippen molar-refractivity contribution in [3.63, 3.8) is 0 Å². The first-order chi connectivity index (χ1) is 8.79. The lowest BCUT2D eigenvalue weighted by atomic mass is 10.1. The second-order valence-corrected chi connectivity index (χ2v) is 4.68. The summed E-state index contributed by atoms with van der Waals surface area (Å²) in [6.07, 6.45) is 3.77. The van der Waals surface area contributed by atoms with Crippen molar-refractivity contribution in [3.05, 3.63) is 42.1 Å². The molecule has 3 heteroatoms. The van der Waals surface area contributed by atoms with Gasteiger partial charge in [0.15, 0.2) is 0 Å². The van der Waals surface area contributed by atoms with Crippen molar-refractivity contribution in [1.29, 1.82) is 0 Å². The molecule has 0 aliphatic rings. The Morgan fingerprint density at radius 1 is 1.33 bits per heavy atom. The van der Waals surface area contributed by atoms with Crippen molar-refractivity contribution in [2.75, 3.05) is 6.61 Å². The smallest absolute Gasteiger partial charge is 0.0702 e. The second kappa shape index (κ2) is 6.47. The van der Waals surface area contributed by atoms with Gasteiger partial charge in [0, 0.05) is 30.8 Å². The zero-order chi connectivity index (χ0) is 12.8. The predicted molar refractivity (Wildman–Crippen MR) is 74.4 cm³/mol. The highest BCUT2D eigenvalue weighted by Gasteiger charge is 2.02. The molecule has 0 radical (unpaired) electrons. The summed E-state index contributed by atoms with van der Waals surface area (Å²) >= 11 is 0. The highest BCUT2D eigenvalue weighted by molar-refractivity contribution is 5.78. The van der Waals surface area contributed by atoms with E-state index in [1.165, 1.54) is 10.9 Å². The summed E-state index contributed by atoms with van der Waals surface area (Å²) in [6.45, 7) is 3.23. The molecule has 0 fully saturated rings. The third kappa shape index (κ3) is 3.52. The zero-order valence-corrected chi connectivity index (χ0v) is 10.8. The highest BCUT2D eigenvalue weighted by Crippen LogP contribution is 2.12. The Hall–Kier alpha value is -1.45. The Balaban J connectivity index is 1.95. The van der Waals surface area contributed by atoms with Crippen LogP contribution in [0, 0.1) is 0 Å². The van der Waals surface area contributed by atoms with Gasteiger partial charge < -0.3 is 10.4 Å². The molecule has 2 rings (SSSR count). The predicted octanol–water partition coefficient (Wildman–Crippen LogP) is 2.49. The first kappa shape index (κ1) is 13.0. The Kier molecular flexibility index (Phi) is 4.67. The van der Waals surface area contributed by atoms with Crippen LogP contribution in [0.4, 0.5) is 0 Å². The van der Waals surface area contributed by atoms with Crippen LogP contribution >= 0.6 is 0 Å². The molecule has 2 N–H and O–H groups in total. The lowest BCUT2D eigenvalue weighted by molar-refractivity contribution is 0.276. The minimum atomic E-state index is 0.267. The number of benzene rings is 1. The van der Waals surface area contributed by atoms with E-state index < -0.39 is 0 Å². The number of pyridine rings is 1. The second-order valence-electron chi connectivity index (χ2n) is 4.68. The average Bonchev–Trinajstić information content (AvgIpc) is 2.42. The maximum atomic E-state index is 8.78. The van der Waals surface area contributed by atoms with Gasteiger partial charge in [0.05, 0.1) is 5.52 Å². The van der Waals surface area contributed by atoms with Gasteiger partial charge in [-0.1, -0.05) is 18.2 Å². The van der Waals surface area contributed by atoms with E-state index in [-0.39, 0.29) is 6.61 Å². The quantitative estimate of drug-likeness (QED) is 0.820. The molecule has 96 valence electrons. The highest BCUT2D eigenvalue weighted by atomic mass is 16.2. The van der Waals surface area contributed by atoms with E-state index in [0.717, 1.165) is 24.9 Å². The molecule has 18 heavy (non-hydrogen) atoms. The summed E-state index contributed by atoms with van der Waals surface area (Å²) in [5.41, 5.74) is 2.24. The lowest BCUT2D eigenvalue weighted by Crippen LogP contribution is -2.25. The summed E-state index contributed by atoms with van der Waals surface area (Å²) in [7, 11) is 0. The van der Waals surface area contributed by atoms with E-state index in [4.69, 9.17) is 5.11 Å². The van der Waals surface area contributed by atoms with Crippen molar-refractivity contribution in [3.8, 4) is 0 Å². The van der Waals surface area contributed by atoms with Crippen LogP contribution in [0.2, 0.25) is 0 Å². The molecule has 0 saturated carbocycles. The normalized spacial score (nSPS) is 12.8. The SMILES string of the molecule is CC(CCCO)NCc1cnc2ccccc2c1. The number of rotatable bonds is 6. The maximum Gasteiger partial charge on any atom is 0.0702 e. The molecule has 1 heterocycles. The summed E-state index contributed by atoms with van der Waals surface area (Å²) in [5, 5.41) is 13.4. The first-order valence-corrected chi connectivity index (χ1v) is 6.47. The van der Waals surface area contributed by atoms with E-state index >= 15 is 0 Å². The molecule has 0 spiro atoms. The molecular formula is C15H20N2O. The lowest BCUT2D eigenvalue weighted by Gasteiger charge is -2.13. The van der Waals surface area contributed by atoms with Gasteiger partial charge in [0.25, 0.3) is 0 Å². The van der Waals surface area contributed by atoms with Crippen LogP contribution in [0.5, 0.6) is 0 Å². The van der Waals surface area contributed by atoms with Crippen LogP contribution in [-0.4, -0.2) is 22.7 Å². The number of aromatic nitrogens is 1. The average molecular weight is 244 g/mol. The maximum absolute atomic E-state index is 8.78. The van der Waals surface area contributed by atoms with Crippen molar-refractivity contribution in [2.24, 2.45) is 0 Å². The van der Waals surface area contributed by atoms with Gasteiger partial charge in [-0.25, -0.2) is 0 Å². The Labute approximate surface area is 108 Å². The molecule has 0 aliphatic carbocycles. The molecule has 1 aromatic carbocycles. The first-order valence-electron chi connectivity index (χ1n) is 6.47. The van der Waals surface area contributed by atoms with Crippen LogP contribution in [-0.2, 0) is 6.54 Å². The van der Waals surface area contributed by atoms with Gasteiger partial charge in [-0.3, -0.25) is 4.98 Å². The van der Waals surface area contributed by atoms with E-state index in [1.54, 1.807) is 0 Å². The zero-order valence-electron chi connectivity index (χ0n) is 10.8. The number of aliphatic hydroxyl groups excluding tert-OH is 1. The molecule has 3 nitrogen and oxygen atoms in total. The Bertz CT molecular complexity index is 499. The third-order valence-corrected chi connectivity index (χ3v) is 3.10. The molecule has 0 bridgehead atoms. The van der Waals surface area contributed by atoms with Gasteiger partial charge in [0.2, 0.25) is 0 Å². The summed E-state index contributed by atoms with van der Waals surface area (Å²) in [6, 6.07) is 10.7. The fraction of sp³-hybridized carbons (Fsp3) is 0.400. The van der Waals surface area contributed by atoms with E-state index in [2.05, 4.69) is 29.4 Å². The molecule has 0 saturated heterocycles. The molecule has 0 amide bonds. The van der Waals surface area contributed by atoms with Gasteiger partial charge in [-0.2, -0.15) is 0 Å². The molecule has 1 unspecified atom stereocenters. The number of para-hydroxylation sites is 1. The van der Waals surface area contributed by atoms with Crippen molar-refractivity contribution < 1.29 is 5.11 Å². The van der Waals surface area contributed by atoms with Gasteiger partial charge >= 0.3 is 0 Å². The number of aliphatic hydroxyl groups is 1. The molecule has 2 aromatic rings. The number of nitrogens with one attached hydrogen (secondary N) is 1. The fourth-order valence-corrected chi connectivity index (χ4v) is 2.00. The van der Waals surface area contributed by atoms with E-state index in [0.29, 0.717) is 6.04 Å². The van der Waals surface area contributed by atoms with E-state index in [1.807, 2.05) is 24.4 Å². The number of hydrogen-bond acceptors (Lipinski definition) is 3. The van der Waals surface area contributed by atoms with Gasteiger partial charge in [-0.15, -0.1) is 0 Å². The van der Waals surface area contributed by atoms with Crippen LogP contribution in [0.1, 0.15) is 25.3 Å².